The molecule has 2 heteroatoms. The van der Waals surface area contributed by atoms with Crippen LogP contribution in [0, 0.1) is 6.92 Å². The van der Waals surface area contributed by atoms with Gasteiger partial charge in [0.25, 0.3) is 0 Å². The lowest BCUT2D eigenvalue weighted by Gasteiger charge is -2.42. The maximum Gasteiger partial charge on any atom is 0.0356 e. The van der Waals surface area contributed by atoms with Crippen molar-refractivity contribution in [3.8, 4) is 0 Å². The molecule has 0 nitrogen and oxygen atoms in total. The Balaban J connectivity index is 1.75. The van der Waals surface area contributed by atoms with Gasteiger partial charge < -0.3 is 0 Å². The minimum Gasteiger partial charge on any atom is -0.135 e. The average Bonchev–Trinajstić information content (AvgIpc) is 3.24. The molecule has 0 amide bonds. The van der Waals surface area contributed by atoms with Crippen LogP contribution in [0.4, 0.5) is 0 Å². The monoisotopic (exact) mass is 460 g/mol. The summed E-state index contributed by atoms with van der Waals surface area (Å²) in [5, 5.41) is 2.72. The number of fused-ring (bicyclic) bond motifs is 3. The van der Waals surface area contributed by atoms with Gasteiger partial charge in [-0.3, -0.25) is 0 Å². The molecule has 33 heavy (non-hydrogen) atoms. The van der Waals surface area contributed by atoms with E-state index in [1.807, 2.05) is 11.3 Å². The van der Waals surface area contributed by atoms with Crippen LogP contribution in [-0.2, 0) is 0 Å². The van der Waals surface area contributed by atoms with Gasteiger partial charge in [-0.15, -0.1) is 21.4 Å². The van der Waals surface area contributed by atoms with Crippen LogP contribution in [0.5, 0.6) is 0 Å². The van der Waals surface area contributed by atoms with E-state index in [9.17, 15) is 0 Å². The Morgan fingerprint density at radius 1 is 0.455 bits per heavy atom. The van der Waals surface area contributed by atoms with E-state index in [1.54, 1.807) is 0 Å². The lowest BCUT2D eigenvalue weighted by molar-refractivity contribution is 1.25. The van der Waals surface area contributed by atoms with Gasteiger partial charge in [-0.2, -0.15) is 0 Å². The number of rotatable bonds is 4. The summed E-state index contributed by atoms with van der Waals surface area (Å²) in [4.78, 5) is 5.45. The maximum atomic E-state index is 2.47. The third-order valence-electron chi connectivity index (χ3n) is 6.24. The number of thiophene rings is 1. The highest BCUT2D eigenvalue weighted by Gasteiger charge is 2.33. The molecule has 0 aliphatic rings. The van der Waals surface area contributed by atoms with Crippen molar-refractivity contribution in [1.82, 2.24) is 0 Å². The molecule has 0 atom stereocenters. The standard InChI is InChI=1S/C31H24S2/c1-23-17-19-30-28(21-23)29-22-27(18-20-31(29)32-30)33(24-11-5-2-6-12-24,25-13-7-3-8-14-25)26-15-9-4-10-16-26/h2-22H,1H3. The number of benzene rings is 5. The lowest BCUT2D eigenvalue weighted by Crippen LogP contribution is -2.04. The van der Waals surface area contributed by atoms with E-state index in [0.29, 0.717) is 0 Å². The van der Waals surface area contributed by atoms with E-state index < -0.39 is 10.0 Å². The Labute approximate surface area is 200 Å². The van der Waals surface area contributed by atoms with Crippen LogP contribution in [0.2, 0.25) is 0 Å². The molecule has 0 unspecified atom stereocenters. The fourth-order valence-corrected chi connectivity index (χ4v) is 9.71. The minimum absolute atomic E-state index is 1.31. The predicted octanol–water partition coefficient (Wildman–Crippen LogP) is 9.70. The first-order valence-electron chi connectivity index (χ1n) is 11.2. The van der Waals surface area contributed by atoms with E-state index in [4.69, 9.17) is 0 Å². The van der Waals surface area contributed by atoms with Crippen molar-refractivity contribution < 1.29 is 0 Å². The Hall–Kier alpha value is -3.33. The SMILES string of the molecule is Cc1ccc2sc3ccc(S(c4ccccc4)(c4ccccc4)c4ccccc4)cc3c2c1. The fraction of sp³-hybridized carbons (Fsp3) is 0.0323. The highest BCUT2D eigenvalue weighted by atomic mass is 32.3. The molecule has 0 saturated heterocycles. The second-order valence-electron chi connectivity index (χ2n) is 8.31. The minimum atomic E-state index is -1.65. The molecule has 0 N–H and O–H groups in total. The number of hydrogen-bond donors (Lipinski definition) is 0. The first-order valence-corrected chi connectivity index (χ1v) is 13.6. The van der Waals surface area contributed by atoms with E-state index in [-0.39, 0.29) is 0 Å². The third-order valence-corrected chi connectivity index (χ3v) is 11.3. The first-order chi connectivity index (χ1) is 16.3. The summed E-state index contributed by atoms with van der Waals surface area (Å²) < 4.78 is 2.70. The van der Waals surface area contributed by atoms with E-state index in [0.717, 1.165) is 0 Å². The zero-order valence-corrected chi connectivity index (χ0v) is 20.1. The molecule has 5 aromatic carbocycles. The Kier molecular flexibility index (Phi) is 5.05. The summed E-state index contributed by atoms with van der Waals surface area (Å²) in [5.41, 5.74) is 1.31. The molecule has 0 radical (unpaired) electrons. The van der Waals surface area contributed by atoms with Crippen molar-refractivity contribution >= 4 is 41.5 Å². The summed E-state index contributed by atoms with van der Waals surface area (Å²) in [5.74, 6) is 0. The van der Waals surface area contributed by atoms with Gasteiger partial charge in [0.15, 0.2) is 0 Å². The zero-order valence-electron chi connectivity index (χ0n) is 18.4. The van der Waals surface area contributed by atoms with Crippen LogP contribution in [0.3, 0.4) is 0 Å². The first kappa shape index (κ1) is 20.3. The average molecular weight is 461 g/mol. The molecular weight excluding hydrogens is 436 g/mol. The summed E-state index contributed by atoms with van der Waals surface area (Å²) in [6.45, 7) is 2.18. The molecule has 0 aliphatic heterocycles. The molecule has 6 rings (SSSR count). The largest absolute Gasteiger partial charge is 0.135 e. The third kappa shape index (κ3) is 3.30. The van der Waals surface area contributed by atoms with Crippen molar-refractivity contribution in [1.29, 1.82) is 0 Å². The van der Waals surface area contributed by atoms with Gasteiger partial charge in [0, 0.05) is 39.8 Å². The molecule has 6 aromatic rings. The quantitative estimate of drug-likeness (QED) is 0.245. The molecule has 0 aliphatic carbocycles. The zero-order chi connectivity index (χ0) is 22.3. The Bertz CT molecular complexity index is 1450. The number of aryl methyl sites for hydroxylation is 1. The van der Waals surface area contributed by atoms with E-state index >= 15 is 0 Å². The Morgan fingerprint density at radius 3 is 1.42 bits per heavy atom. The molecule has 0 saturated carbocycles. The highest BCUT2D eigenvalue weighted by molar-refractivity contribution is 8.34. The van der Waals surface area contributed by atoms with Gasteiger partial charge in [-0.05, 0) is 73.7 Å². The van der Waals surface area contributed by atoms with Crippen LogP contribution in [0.1, 0.15) is 5.56 Å². The van der Waals surface area contributed by atoms with Crippen LogP contribution in [0.15, 0.2) is 147 Å². The Morgan fingerprint density at radius 2 is 0.909 bits per heavy atom. The van der Waals surface area contributed by atoms with Gasteiger partial charge >= 0.3 is 0 Å². The highest BCUT2D eigenvalue weighted by Crippen LogP contribution is 2.73. The molecule has 1 heterocycles. The lowest BCUT2D eigenvalue weighted by atomic mass is 10.1. The molecule has 0 bridgehead atoms. The second-order valence-corrected chi connectivity index (χ2v) is 12.5. The van der Waals surface area contributed by atoms with Crippen molar-refractivity contribution in [3.63, 3.8) is 0 Å². The molecular formula is C31H24S2. The van der Waals surface area contributed by atoms with Crippen molar-refractivity contribution in [2.45, 2.75) is 26.5 Å². The van der Waals surface area contributed by atoms with Crippen LogP contribution < -0.4 is 0 Å². The van der Waals surface area contributed by atoms with E-state index in [2.05, 4.69) is 134 Å². The predicted molar refractivity (Wildman–Crippen MR) is 144 cm³/mol. The van der Waals surface area contributed by atoms with Crippen LogP contribution in [-0.4, -0.2) is 0 Å². The van der Waals surface area contributed by atoms with Gasteiger partial charge in [0.05, 0.1) is 0 Å². The van der Waals surface area contributed by atoms with Gasteiger partial charge in [-0.1, -0.05) is 66.2 Å². The van der Waals surface area contributed by atoms with Gasteiger partial charge in [0.2, 0.25) is 0 Å². The normalized spacial score (nSPS) is 12.3. The topological polar surface area (TPSA) is 0 Å². The second kappa shape index (κ2) is 8.22. The van der Waals surface area contributed by atoms with Gasteiger partial charge in [-0.25, -0.2) is 0 Å². The number of hydrogen-bond acceptors (Lipinski definition) is 1. The van der Waals surface area contributed by atoms with Crippen LogP contribution in [0.25, 0.3) is 20.2 Å². The maximum absolute atomic E-state index is 2.47. The van der Waals surface area contributed by atoms with Crippen molar-refractivity contribution in [2.75, 3.05) is 0 Å². The summed E-state index contributed by atoms with van der Waals surface area (Å²) in [6, 6.07) is 47.2. The van der Waals surface area contributed by atoms with Crippen molar-refractivity contribution in [3.05, 3.63) is 133 Å². The summed E-state index contributed by atoms with van der Waals surface area (Å²) in [7, 11) is -1.65. The molecule has 0 spiro atoms. The summed E-state index contributed by atoms with van der Waals surface area (Å²) in [6.07, 6.45) is 0. The van der Waals surface area contributed by atoms with Crippen molar-refractivity contribution in [2.24, 2.45) is 0 Å². The molecule has 0 fully saturated rings. The van der Waals surface area contributed by atoms with Gasteiger partial charge in [0.1, 0.15) is 0 Å². The van der Waals surface area contributed by atoms with Crippen LogP contribution >= 0.6 is 21.4 Å². The van der Waals surface area contributed by atoms with E-state index in [1.165, 1.54) is 45.3 Å². The molecule has 1 aromatic heterocycles. The molecule has 160 valence electrons. The summed E-state index contributed by atoms with van der Waals surface area (Å²) >= 11 is 1.89. The fourth-order valence-electron chi connectivity index (χ4n) is 4.75. The smallest absolute Gasteiger partial charge is 0.0356 e.